The summed E-state index contributed by atoms with van der Waals surface area (Å²) < 4.78 is 1.76. The molecule has 1 atom stereocenters. The third-order valence-corrected chi connectivity index (χ3v) is 2.73. The normalized spacial score (nSPS) is 11.9. The van der Waals surface area contributed by atoms with Gasteiger partial charge in [-0.15, -0.1) is 0 Å². The molecular weight excluding hydrogens is 260 g/mol. The zero-order valence-corrected chi connectivity index (χ0v) is 11.3. The van der Waals surface area contributed by atoms with Crippen molar-refractivity contribution in [2.45, 2.75) is 19.5 Å². The monoisotopic (exact) mass is 276 g/mol. The lowest BCUT2D eigenvalue weighted by molar-refractivity contribution is -0.384. The first-order chi connectivity index (χ1) is 9.60. The Morgan fingerprint density at radius 1 is 1.50 bits per heavy atom. The first-order valence-corrected chi connectivity index (χ1v) is 6.17. The second-order valence-corrected chi connectivity index (χ2v) is 4.34. The number of nitrogens with one attached hydrogen (secondary N) is 2. The molecule has 0 aromatic carbocycles. The van der Waals surface area contributed by atoms with Crippen molar-refractivity contribution in [2.24, 2.45) is 0 Å². The Morgan fingerprint density at radius 2 is 2.30 bits per heavy atom. The lowest BCUT2D eigenvalue weighted by Crippen LogP contribution is -2.23. The largest absolute Gasteiger partial charge is 0.373 e. The highest BCUT2D eigenvalue weighted by Crippen LogP contribution is 2.24. The van der Waals surface area contributed by atoms with Gasteiger partial charge in [-0.2, -0.15) is 5.10 Å². The quantitative estimate of drug-likeness (QED) is 0.616. The molecule has 20 heavy (non-hydrogen) atoms. The topological polar surface area (TPSA) is 97.9 Å². The van der Waals surface area contributed by atoms with Crippen LogP contribution in [-0.4, -0.2) is 32.8 Å². The van der Waals surface area contributed by atoms with Crippen LogP contribution in [0.4, 0.5) is 17.3 Å². The van der Waals surface area contributed by atoms with Gasteiger partial charge < -0.3 is 10.6 Å². The highest BCUT2D eigenvalue weighted by Gasteiger charge is 2.17. The lowest BCUT2D eigenvalue weighted by Gasteiger charge is -2.15. The molecule has 0 aliphatic rings. The third-order valence-electron chi connectivity index (χ3n) is 2.73. The minimum Gasteiger partial charge on any atom is -0.373 e. The molecule has 0 radical (unpaired) electrons. The van der Waals surface area contributed by atoms with Crippen molar-refractivity contribution in [2.75, 3.05) is 17.7 Å². The summed E-state index contributed by atoms with van der Waals surface area (Å²) in [5.41, 5.74) is -0.0451. The van der Waals surface area contributed by atoms with E-state index in [2.05, 4.69) is 20.7 Å². The van der Waals surface area contributed by atoms with Gasteiger partial charge in [-0.25, -0.2) is 4.98 Å². The smallest absolute Gasteiger partial charge is 0.311 e. The summed E-state index contributed by atoms with van der Waals surface area (Å²) in [6.07, 6.45) is 3.53. The van der Waals surface area contributed by atoms with Crippen LogP contribution in [0.15, 0.2) is 30.6 Å². The molecule has 0 aliphatic heterocycles. The van der Waals surface area contributed by atoms with Crippen molar-refractivity contribution in [1.29, 1.82) is 0 Å². The second kappa shape index (κ2) is 6.00. The van der Waals surface area contributed by atoms with Crippen LogP contribution in [-0.2, 0) is 6.54 Å². The van der Waals surface area contributed by atoms with Crippen molar-refractivity contribution in [3.63, 3.8) is 0 Å². The van der Waals surface area contributed by atoms with Crippen LogP contribution in [0.1, 0.15) is 6.92 Å². The number of anilines is 2. The van der Waals surface area contributed by atoms with Gasteiger partial charge >= 0.3 is 5.69 Å². The fourth-order valence-corrected chi connectivity index (χ4v) is 1.81. The zero-order valence-electron chi connectivity index (χ0n) is 11.3. The highest BCUT2D eigenvalue weighted by molar-refractivity contribution is 5.60. The Bertz CT molecular complexity index is 584. The predicted molar refractivity (Wildman–Crippen MR) is 75.7 cm³/mol. The average Bonchev–Trinajstić information content (AvgIpc) is 2.90. The number of aromatic nitrogens is 3. The van der Waals surface area contributed by atoms with E-state index in [4.69, 9.17) is 0 Å². The minimum atomic E-state index is -0.449. The van der Waals surface area contributed by atoms with Gasteiger partial charge in [0.1, 0.15) is 5.82 Å². The van der Waals surface area contributed by atoms with Crippen molar-refractivity contribution >= 4 is 17.3 Å². The number of hydrogen-bond acceptors (Lipinski definition) is 6. The fraction of sp³-hybridized carbons (Fsp3) is 0.333. The van der Waals surface area contributed by atoms with E-state index in [-0.39, 0.29) is 17.5 Å². The number of hydrogen-bond donors (Lipinski definition) is 2. The highest BCUT2D eigenvalue weighted by atomic mass is 16.6. The van der Waals surface area contributed by atoms with Crippen LogP contribution in [0.3, 0.4) is 0 Å². The van der Waals surface area contributed by atoms with Crippen LogP contribution in [0.5, 0.6) is 0 Å². The Kier molecular flexibility index (Phi) is 4.14. The number of rotatable bonds is 6. The van der Waals surface area contributed by atoms with Crippen LogP contribution in [0, 0.1) is 10.1 Å². The molecule has 2 heterocycles. The molecule has 8 nitrogen and oxygen atoms in total. The Balaban J connectivity index is 2.16. The number of nitro groups is 1. The van der Waals surface area contributed by atoms with Gasteiger partial charge in [0.15, 0.2) is 0 Å². The van der Waals surface area contributed by atoms with Crippen LogP contribution >= 0.6 is 0 Å². The van der Waals surface area contributed by atoms with E-state index >= 15 is 0 Å². The molecule has 8 heteroatoms. The predicted octanol–water partition coefficient (Wildman–Crippen LogP) is 1.73. The summed E-state index contributed by atoms with van der Waals surface area (Å²) in [6, 6.07) is 4.78. The van der Waals surface area contributed by atoms with Gasteiger partial charge in [-0.3, -0.25) is 14.8 Å². The van der Waals surface area contributed by atoms with Gasteiger partial charge in [0.05, 0.1) is 11.5 Å². The SMILES string of the molecule is CNc1ccc([N+](=O)[O-])c(NC(C)Cn2cccn2)n1. The van der Waals surface area contributed by atoms with Crippen molar-refractivity contribution in [1.82, 2.24) is 14.8 Å². The van der Waals surface area contributed by atoms with E-state index in [1.807, 2.05) is 19.2 Å². The van der Waals surface area contributed by atoms with Gasteiger partial charge in [0.2, 0.25) is 5.82 Å². The van der Waals surface area contributed by atoms with Gasteiger partial charge in [-0.05, 0) is 19.1 Å². The molecule has 0 saturated heterocycles. The molecule has 106 valence electrons. The number of pyridine rings is 1. The average molecular weight is 276 g/mol. The molecule has 0 aliphatic carbocycles. The van der Waals surface area contributed by atoms with E-state index in [1.54, 1.807) is 24.0 Å². The van der Waals surface area contributed by atoms with E-state index in [1.165, 1.54) is 6.07 Å². The summed E-state index contributed by atoms with van der Waals surface area (Å²) in [5, 5.41) is 21.0. The molecule has 0 amide bonds. The maximum absolute atomic E-state index is 11.0. The van der Waals surface area contributed by atoms with Gasteiger partial charge in [0.25, 0.3) is 0 Å². The summed E-state index contributed by atoms with van der Waals surface area (Å²) in [4.78, 5) is 14.7. The Labute approximate surface area is 116 Å². The Hall–Kier alpha value is -2.64. The van der Waals surface area contributed by atoms with E-state index in [0.29, 0.717) is 12.4 Å². The molecular formula is C12H16N6O2. The number of nitrogens with zero attached hydrogens (tertiary/aromatic N) is 4. The second-order valence-electron chi connectivity index (χ2n) is 4.34. The van der Waals surface area contributed by atoms with Gasteiger partial charge in [0, 0.05) is 31.5 Å². The summed E-state index contributed by atoms with van der Waals surface area (Å²) in [6.45, 7) is 2.51. The van der Waals surface area contributed by atoms with Crippen LogP contribution in [0.2, 0.25) is 0 Å². The van der Waals surface area contributed by atoms with Crippen LogP contribution < -0.4 is 10.6 Å². The maximum atomic E-state index is 11.0. The summed E-state index contributed by atoms with van der Waals surface area (Å²) >= 11 is 0. The van der Waals surface area contributed by atoms with Gasteiger partial charge in [-0.1, -0.05) is 0 Å². The molecule has 0 bridgehead atoms. The third kappa shape index (κ3) is 3.22. The molecule has 2 aromatic heterocycles. The van der Waals surface area contributed by atoms with Crippen molar-refractivity contribution < 1.29 is 4.92 Å². The fourth-order valence-electron chi connectivity index (χ4n) is 1.81. The first-order valence-electron chi connectivity index (χ1n) is 6.17. The standard InChI is InChI=1S/C12H16N6O2/c1-9(8-17-7-3-6-14-17)15-12-10(18(19)20)4-5-11(13-2)16-12/h3-7,9H,8H2,1-2H3,(H2,13,15,16). The van der Waals surface area contributed by atoms with E-state index in [0.717, 1.165) is 0 Å². The molecule has 2 aromatic rings. The summed E-state index contributed by atoms with van der Waals surface area (Å²) in [5.74, 6) is 0.825. The molecule has 0 fully saturated rings. The minimum absolute atomic E-state index is 0.0451. The Morgan fingerprint density at radius 3 is 2.90 bits per heavy atom. The molecule has 2 rings (SSSR count). The first kappa shape index (κ1) is 13.8. The maximum Gasteiger partial charge on any atom is 0.311 e. The lowest BCUT2D eigenvalue weighted by atomic mass is 10.3. The molecule has 0 saturated carbocycles. The van der Waals surface area contributed by atoms with E-state index in [9.17, 15) is 10.1 Å². The molecule has 2 N–H and O–H groups in total. The van der Waals surface area contributed by atoms with Crippen molar-refractivity contribution in [3.8, 4) is 0 Å². The molecule has 0 spiro atoms. The molecule has 1 unspecified atom stereocenters. The van der Waals surface area contributed by atoms with Crippen molar-refractivity contribution in [3.05, 3.63) is 40.7 Å². The van der Waals surface area contributed by atoms with E-state index < -0.39 is 4.92 Å². The zero-order chi connectivity index (χ0) is 14.5. The van der Waals surface area contributed by atoms with Crippen LogP contribution in [0.25, 0.3) is 0 Å². The summed E-state index contributed by atoms with van der Waals surface area (Å²) in [7, 11) is 1.71.